The van der Waals surface area contributed by atoms with Gasteiger partial charge in [-0.05, 0) is 22.8 Å². The van der Waals surface area contributed by atoms with Crippen molar-refractivity contribution in [1.82, 2.24) is 4.98 Å². The van der Waals surface area contributed by atoms with Crippen LogP contribution in [0.5, 0.6) is 11.5 Å². The van der Waals surface area contributed by atoms with Crippen molar-refractivity contribution in [3.05, 3.63) is 94.6 Å². The average Bonchev–Trinajstić information content (AvgIpc) is 3.19. The minimum atomic E-state index is -0.332. The minimum absolute atomic E-state index is 0.0529. The van der Waals surface area contributed by atoms with Crippen molar-refractivity contribution >= 4 is 21.6 Å². The Labute approximate surface area is 176 Å². The third-order valence-electron chi connectivity index (χ3n) is 5.17. The molecule has 0 unspecified atom stereocenters. The van der Waals surface area contributed by atoms with Crippen molar-refractivity contribution in [2.24, 2.45) is 0 Å². The number of fused-ring (bicyclic) bond motifs is 1. The molecule has 0 fully saturated rings. The molecule has 30 heavy (non-hydrogen) atoms. The second kappa shape index (κ2) is 7.21. The lowest BCUT2D eigenvalue weighted by Crippen LogP contribution is -2.08. The first-order chi connectivity index (χ1) is 14.6. The summed E-state index contributed by atoms with van der Waals surface area (Å²) < 4.78 is 0. The van der Waals surface area contributed by atoms with Gasteiger partial charge < -0.3 is 15.2 Å². The topological polar surface area (TPSA) is 73.3 Å². The molecule has 5 rings (SSSR count). The first-order valence-electron chi connectivity index (χ1n) is 9.44. The molecule has 0 aliphatic carbocycles. The molecule has 2 heterocycles. The fraction of sp³-hybridized carbons (Fsp3) is 0. The fourth-order valence-corrected chi connectivity index (χ4v) is 4.69. The molecule has 0 atom stereocenters. The molecule has 0 bridgehead atoms. The highest BCUT2D eigenvalue weighted by atomic mass is 32.1. The maximum atomic E-state index is 12.6. The molecule has 0 radical (unpaired) electrons. The molecule has 3 aromatic carbocycles. The average molecular weight is 411 g/mol. The zero-order chi connectivity index (χ0) is 20.7. The smallest absolute Gasteiger partial charge is 0.260 e. The predicted molar refractivity (Wildman–Crippen MR) is 122 cm³/mol. The van der Waals surface area contributed by atoms with Crippen molar-refractivity contribution in [2.45, 2.75) is 0 Å². The van der Waals surface area contributed by atoms with Crippen LogP contribution in [0.1, 0.15) is 0 Å². The quantitative estimate of drug-likeness (QED) is 0.341. The van der Waals surface area contributed by atoms with E-state index in [1.165, 1.54) is 11.3 Å². The van der Waals surface area contributed by atoms with Gasteiger partial charge in [-0.1, -0.05) is 72.8 Å². The summed E-state index contributed by atoms with van der Waals surface area (Å²) in [4.78, 5) is 16.1. The Morgan fingerprint density at radius 2 is 1.40 bits per heavy atom. The van der Waals surface area contributed by atoms with Crippen molar-refractivity contribution in [1.29, 1.82) is 0 Å². The molecule has 0 spiro atoms. The molecular weight excluding hydrogens is 394 g/mol. The van der Waals surface area contributed by atoms with E-state index in [1.807, 2.05) is 66.0 Å². The molecule has 4 nitrogen and oxygen atoms in total. The monoisotopic (exact) mass is 411 g/mol. The lowest BCUT2D eigenvalue weighted by Gasteiger charge is -2.09. The largest absolute Gasteiger partial charge is 0.507 e. The number of pyridine rings is 1. The number of phenols is 1. The van der Waals surface area contributed by atoms with Gasteiger partial charge in [-0.2, -0.15) is 0 Å². The highest BCUT2D eigenvalue weighted by Crippen LogP contribution is 2.43. The molecule has 5 heteroatoms. The standard InChI is InChI=1S/C25H17NO3S/c27-20-13-17(11-12-18(20)15-7-3-1-4-8-15)19-14-30-25-22(19)23(28)21(24(29)26-25)16-9-5-2-6-10-16/h1-14,27H,(H2,26,28,29). The molecule has 2 aromatic heterocycles. The molecule has 0 saturated heterocycles. The zero-order valence-electron chi connectivity index (χ0n) is 15.8. The second-order valence-corrected chi connectivity index (χ2v) is 7.87. The number of H-pyrrole nitrogens is 1. The summed E-state index contributed by atoms with van der Waals surface area (Å²) in [6.07, 6.45) is 0. The van der Waals surface area contributed by atoms with Crippen molar-refractivity contribution in [2.75, 3.05) is 0 Å². The Hall–Kier alpha value is -3.83. The summed E-state index contributed by atoms with van der Waals surface area (Å²) in [7, 11) is 0. The molecule has 0 aliphatic rings. The summed E-state index contributed by atoms with van der Waals surface area (Å²) in [6.45, 7) is 0. The third-order valence-corrected chi connectivity index (χ3v) is 6.07. The summed E-state index contributed by atoms with van der Waals surface area (Å²) in [5.41, 5.74) is 3.75. The van der Waals surface area contributed by atoms with E-state index in [2.05, 4.69) is 4.98 Å². The Morgan fingerprint density at radius 3 is 2.07 bits per heavy atom. The van der Waals surface area contributed by atoms with Gasteiger partial charge in [0, 0.05) is 16.5 Å². The number of hydrogen-bond acceptors (Lipinski definition) is 4. The maximum Gasteiger partial charge on any atom is 0.260 e. The first-order valence-corrected chi connectivity index (χ1v) is 10.3. The van der Waals surface area contributed by atoms with Gasteiger partial charge in [0.1, 0.15) is 16.3 Å². The number of nitrogens with one attached hydrogen (secondary N) is 1. The van der Waals surface area contributed by atoms with E-state index in [-0.39, 0.29) is 22.6 Å². The van der Waals surface area contributed by atoms with E-state index in [9.17, 15) is 15.0 Å². The normalized spacial score (nSPS) is 11.1. The van der Waals surface area contributed by atoms with Crippen LogP contribution in [0.15, 0.2) is 89.0 Å². The van der Waals surface area contributed by atoms with Crippen LogP contribution in [0.2, 0.25) is 0 Å². The highest BCUT2D eigenvalue weighted by Gasteiger charge is 2.19. The van der Waals surface area contributed by atoms with Crippen LogP contribution in [-0.2, 0) is 0 Å². The number of aromatic nitrogens is 1. The Morgan fingerprint density at radius 1 is 0.733 bits per heavy atom. The summed E-state index contributed by atoms with van der Waals surface area (Å²) >= 11 is 1.35. The van der Waals surface area contributed by atoms with E-state index >= 15 is 0 Å². The first kappa shape index (κ1) is 18.2. The second-order valence-electron chi connectivity index (χ2n) is 7.00. The summed E-state index contributed by atoms with van der Waals surface area (Å²) in [5, 5.41) is 24.1. The summed E-state index contributed by atoms with van der Waals surface area (Å²) in [6, 6.07) is 24.2. The maximum absolute atomic E-state index is 12.6. The number of rotatable bonds is 3. The van der Waals surface area contributed by atoms with Crippen LogP contribution in [-0.4, -0.2) is 15.2 Å². The molecule has 146 valence electrons. The molecule has 3 N–H and O–H groups in total. The zero-order valence-corrected chi connectivity index (χ0v) is 16.6. The van der Waals surface area contributed by atoms with E-state index in [1.54, 1.807) is 18.2 Å². The van der Waals surface area contributed by atoms with Gasteiger partial charge in [-0.15, -0.1) is 11.3 Å². The Kier molecular flexibility index (Phi) is 4.38. The molecule has 0 aliphatic heterocycles. The van der Waals surface area contributed by atoms with Crippen LogP contribution < -0.4 is 5.56 Å². The van der Waals surface area contributed by atoms with Gasteiger partial charge in [0.2, 0.25) is 0 Å². The van der Waals surface area contributed by atoms with E-state index in [4.69, 9.17) is 0 Å². The Bertz CT molecular complexity index is 1420. The van der Waals surface area contributed by atoms with Crippen molar-refractivity contribution in [3.63, 3.8) is 0 Å². The van der Waals surface area contributed by atoms with E-state index < -0.39 is 0 Å². The van der Waals surface area contributed by atoms with Gasteiger partial charge in [0.25, 0.3) is 5.56 Å². The molecular formula is C25H17NO3S. The van der Waals surface area contributed by atoms with Crippen LogP contribution in [0.3, 0.4) is 0 Å². The van der Waals surface area contributed by atoms with Gasteiger partial charge in [-0.25, -0.2) is 0 Å². The van der Waals surface area contributed by atoms with E-state index in [0.29, 0.717) is 15.8 Å². The Balaban J connectivity index is 1.69. The minimum Gasteiger partial charge on any atom is -0.507 e. The molecule has 5 aromatic rings. The van der Waals surface area contributed by atoms with Crippen molar-refractivity contribution in [3.8, 4) is 44.9 Å². The number of benzene rings is 3. The fourth-order valence-electron chi connectivity index (χ4n) is 3.73. The number of phenolic OH excluding ortho intramolecular Hbond substituents is 1. The number of aromatic hydroxyl groups is 2. The lowest BCUT2D eigenvalue weighted by atomic mass is 9.97. The van der Waals surface area contributed by atoms with Gasteiger partial charge in [-0.3, -0.25) is 4.79 Å². The summed E-state index contributed by atoms with van der Waals surface area (Å²) in [5.74, 6) is 0.105. The van der Waals surface area contributed by atoms with Gasteiger partial charge >= 0.3 is 0 Å². The molecule has 0 saturated carbocycles. The predicted octanol–water partition coefficient (Wildman–Crippen LogP) is 6.00. The van der Waals surface area contributed by atoms with Gasteiger partial charge in [0.05, 0.1) is 10.9 Å². The SMILES string of the molecule is O=c1[nH]c2scc(-c3ccc(-c4ccccc4)c(O)c3)c2c(O)c1-c1ccccc1. The van der Waals surface area contributed by atoms with E-state index in [0.717, 1.165) is 22.3 Å². The van der Waals surface area contributed by atoms with Crippen LogP contribution >= 0.6 is 11.3 Å². The lowest BCUT2D eigenvalue weighted by molar-refractivity contribution is 0.477. The van der Waals surface area contributed by atoms with Crippen LogP contribution in [0, 0.1) is 0 Å². The number of aromatic amines is 1. The number of thiophene rings is 1. The van der Waals surface area contributed by atoms with Crippen LogP contribution in [0.25, 0.3) is 43.6 Å². The van der Waals surface area contributed by atoms with Crippen molar-refractivity contribution < 1.29 is 10.2 Å². The van der Waals surface area contributed by atoms with Crippen LogP contribution in [0.4, 0.5) is 0 Å². The highest BCUT2D eigenvalue weighted by molar-refractivity contribution is 7.17. The van der Waals surface area contributed by atoms with Gasteiger partial charge in [0.15, 0.2) is 0 Å². The molecule has 0 amide bonds. The third kappa shape index (κ3) is 2.96. The number of hydrogen-bond donors (Lipinski definition) is 3.